The van der Waals surface area contributed by atoms with E-state index in [9.17, 15) is 18.0 Å². The molecule has 200 valence electrons. The molecule has 0 radical (unpaired) electrons. The van der Waals surface area contributed by atoms with E-state index in [0.717, 1.165) is 36.1 Å². The van der Waals surface area contributed by atoms with Crippen molar-refractivity contribution in [3.05, 3.63) is 89.5 Å². The van der Waals surface area contributed by atoms with E-state index in [4.69, 9.17) is 0 Å². The van der Waals surface area contributed by atoms with Gasteiger partial charge in [-0.1, -0.05) is 55.3 Å². The maximum atomic E-state index is 13.5. The first-order valence-electron chi connectivity index (χ1n) is 12.7. The number of hydrogen-bond acceptors (Lipinski definition) is 5. The molecule has 2 amide bonds. The maximum Gasteiger partial charge on any atom is 0.261 e. The predicted molar refractivity (Wildman–Crippen MR) is 152 cm³/mol. The monoisotopic (exact) mass is 551 g/mol. The number of likely N-dealkylation sites (tertiary alicyclic amines) is 1. The van der Waals surface area contributed by atoms with Crippen LogP contribution in [0.4, 0.5) is 5.69 Å². The van der Waals surface area contributed by atoms with E-state index >= 15 is 0 Å². The second-order valence-electron chi connectivity index (χ2n) is 9.33. The fraction of sp³-hybridized carbons (Fsp3) is 0.310. The average Bonchev–Trinajstić information content (AvgIpc) is 3.22. The van der Waals surface area contributed by atoms with E-state index < -0.39 is 15.9 Å². The number of sulfonamides is 1. The Hall–Kier alpha value is -3.30. The summed E-state index contributed by atoms with van der Waals surface area (Å²) in [5, 5.41) is 2.93. The number of nitrogens with one attached hydrogen (secondary N) is 2. The highest BCUT2D eigenvalue weighted by atomic mass is 32.2. The van der Waals surface area contributed by atoms with Crippen molar-refractivity contribution < 1.29 is 18.0 Å². The number of carbonyl (C=O) groups is 2. The summed E-state index contributed by atoms with van der Waals surface area (Å²) in [5.41, 5.74) is 1.69. The smallest absolute Gasteiger partial charge is 0.261 e. The number of anilines is 1. The number of carbonyl (C=O) groups excluding carboxylic acids is 2. The molecule has 1 heterocycles. The van der Waals surface area contributed by atoms with Gasteiger partial charge in [-0.25, -0.2) is 8.42 Å². The van der Waals surface area contributed by atoms with E-state index in [1.54, 1.807) is 30.3 Å². The minimum atomic E-state index is -4.08. The summed E-state index contributed by atoms with van der Waals surface area (Å²) in [7, 11) is -4.08. The molecule has 0 aliphatic carbocycles. The molecular weight excluding hydrogens is 518 g/mol. The predicted octanol–water partition coefficient (Wildman–Crippen LogP) is 5.72. The van der Waals surface area contributed by atoms with E-state index in [1.807, 2.05) is 48.4 Å². The second-order valence-corrected chi connectivity index (χ2v) is 11.9. The van der Waals surface area contributed by atoms with Crippen LogP contribution >= 0.6 is 11.8 Å². The summed E-state index contributed by atoms with van der Waals surface area (Å²) in [5.74, 6) is -0.544. The molecule has 1 atom stereocenters. The van der Waals surface area contributed by atoms with Gasteiger partial charge in [0.15, 0.2) is 0 Å². The zero-order chi connectivity index (χ0) is 27.1. The molecule has 1 aliphatic rings. The minimum Gasteiger partial charge on any atom is -0.345 e. The molecule has 1 aliphatic heterocycles. The standard InChI is InChI=1S/C29H33N3O4S2/c1-21(22-12-6-5-7-13-22)30-28(33)24-14-8-9-15-26(24)31-38(35,36)23-16-17-27(37-2)25(20-23)29(34)32-18-10-3-4-11-19-32/h5-9,12-17,20-21,31H,3-4,10-11,18-19H2,1-2H3,(H,30,33)/t21-/m0/s1. The third kappa shape index (κ3) is 6.57. The van der Waals surface area contributed by atoms with Crippen molar-refractivity contribution in [1.29, 1.82) is 0 Å². The van der Waals surface area contributed by atoms with Crippen LogP contribution in [0.25, 0.3) is 0 Å². The normalized spacial score (nSPS) is 14.8. The highest BCUT2D eigenvalue weighted by Gasteiger charge is 2.25. The Morgan fingerprint density at radius 3 is 2.21 bits per heavy atom. The van der Waals surface area contributed by atoms with E-state index in [1.165, 1.54) is 23.9 Å². The molecule has 1 saturated heterocycles. The molecule has 0 unspecified atom stereocenters. The third-order valence-electron chi connectivity index (χ3n) is 6.67. The summed E-state index contributed by atoms with van der Waals surface area (Å²) in [6.07, 6.45) is 5.94. The maximum absolute atomic E-state index is 13.5. The van der Waals surface area contributed by atoms with Crippen LogP contribution in [0.15, 0.2) is 82.6 Å². The number of rotatable bonds is 8. The van der Waals surface area contributed by atoms with Crippen LogP contribution in [0.3, 0.4) is 0 Å². The first kappa shape index (κ1) is 27.7. The second kappa shape index (κ2) is 12.5. The van der Waals surface area contributed by atoms with Gasteiger partial charge >= 0.3 is 0 Å². The van der Waals surface area contributed by atoms with Crippen molar-refractivity contribution in [1.82, 2.24) is 10.2 Å². The Bertz CT molecular complexity index is 1390. The topological polar surface area (TPSA) is 95.6 Å². The molecule has 0 aromatic heterocycles. The van der Waals surface area contributed by atoms with Gasteiger partial charge < -0.3 is 10.2 Å². The zero-order valence-electron chi connectivity index (χ0n) is 21.6. The molecule has 3 aromatic rings. The molecule has 3 aromatic carbocycles. The minimum absolute atomic E-state index is 0.0265. The van der Waals surface area contributed by atoms with Gasteiger partial charge in [0, 0.05) is 18.0 Å². The van der Waals surface area contributed by atoms with Gasteiger partial charge in [-0.2, -0.15) is 0 Å². The molecule has 0 saturated carbocycles. The van der Waals surface area contributed by atoms with Gasteiger partial charge in [0.1, 0.15) is 0 Å². The Morgan fingerprint density at radius 1 is 0.868 bits per heavy atom. The van der Waals surface area contributed by atoms with Gasteiger partial charge in [-0.15, -0.1) is 11.8 Å². The Morgan fingerprint density at radius 2 is 1.53 bits per heavy atom. The molecule has 0 bridgehead atoms. The van der Waals surface area contributed by atoms with Crippen molar-refractivity contribution in [3.63, 3.8) is 0 Å². The van der Waals surface area contributed by atoms with Crippen LogP contribution in [0.2, 0.25) is 0 Å². The van der Waals surface area contributed by atoms with Gasteiger partial charge in [-0.05, 0) is 61.9 Å². The molecule has 7 nitrogen and oxygen atoms in total. The number of amides is 2. The van der Waals surface area contributed by atoms with Crippen LogP contribution in [0.1, 0.15) is 64.9 Å². The number of thioether (sulfide) groups is 1. The molecule has 9 heteroatoms. The zero-order valence-corrected chi connectivity index (χ0v) is 23.3. The van der Waals surface area contributed by atoms with Crippen LogP contribution < -0.4 is 10.0 Å². The Kier molecular flexibility index (Phi) is 9.12. The average molecular weight is 552 g/mol. The first-order chi connectivity index (χ1) is 18.3. The van der Waals surface area contributed by atoms with Gasteiger partial charge in [0.2, 0.25) is 0 Å². The Labute approximate surface area is 229 Å². The van der Waals surface area contributed by atoms with Crippen LogP contribution in [0.5, 0.6) is 0 Å². The molecule has 2 N–H and O–H groups in total. The van der Waals surface area contributed by atoms with Crippen LogP contribution in [-0.4, -0.2) is 44.5 Å². The highest BCUT2D eigenvalue weighted by molar-refractivity contribution is 7.98. The summed E-state index contributed by atoms with van der Waals surface area (Å²) in [6, 6.07) is 20.4. The first-order valence-corrected chi connectivity index (χ1v) is 15.5. The SMILES string of the molecule is CSc1ccc(S(=O)(=O)Nc2ccccc2C(=O)N[C@@H](C)c2ccccc2)cc1C(=O)N1CCCCCC1. The summed E-state index contributed by atoms with van der Waals surface area (Å²) in [4.78, 5) is 29.0. The Balaban J connectivity index is 1.58. The summed E-state index contributed by atoms with van der Waals surface area (Å²) < 4.78 is 29.5. The van der Waals surface area contributed by atoms with Gasteiger partial charge in [-0.3, -0.25) is 14.3 Å². The quantitative estimate of drug-likeness (QED) is 0.349. The van der Waals surface area contributed by atoms with Crippen LogP contribution in [0, 0.1) is 0 Å². The lowest BCUT2D eigenvalue weighted by molar-refractivity contribution is 0.0757. The summed E-state index contributed by atoms with van der Waals surface area (Å²) >= 11 is 1.41. The van der Waals surface area contributed by atoms with Crippen molar-refractivity contribution in [2.45, 2.75) is 48.4 Å². The van der Waals surface area contributed by atoms with Crippen molar-refractivity contribution in [2.75, 3.05) is 24.1 Å². The molecular formula is C29H33N3O4S2. The van der Waals surface area contributed by atoms with Crippen molar-refractivity contribution in [2.24, 2.45) is 0 Å². The van der Waals surface area contributed by atoms with Crippen molar-refractivity contribution in [3.8, 4) is 0 Å². The van der Waals surface area contributed by atoms with E-state index in [2.05, 4.69) is 10.0 Å². The van der Waals surface area contributed by atoms with Gasteiger partial charge in [0.25, 0.3) is 21.8 Å². The summed E-state index contributed by atoms with van der Waals surface area (Å²) in [6.45, 7) is 3.22. The number of benzene rings is 3. The lowest BCUT2D eigenvalue weighted by Crippen LogP contribution is -2.32. The fourth-order valence-corrected chi connectivity index (χ4v) is 6.21. The highest BCUT2D eigenvalue weighted by Crippen LogP contribution is 2.28. The van der Waals surface area contributed by atoms with Gasteiger partial charge in [0.05, 0.1) is 27.8 Å². The largest absolute Gasteiger partial charge is 0.345 e. The number of nitrogens with zero attached hydrogens (tertiary/aromatic N) is 1. The van der Waals surface area contributed by atoms with Crippen LogP contribution in [-0.2, 0) is 10.0 Å². The fourth-order valence-electron chi connectivity index (χ4n) is 4.54. The van der Waals surface area contributed by atoms with Crippen molar-refractivity contribution >= 4 is 39.3 Å². The molecule has 4 rings (SSSR count). The molecule has 0 spiro atoms. The molecule has 1 fully saturated rings. The lowest BCUT2D eigenvalue weighted by Gasteiger charge is -2.22. The lowest BCUT2D eigenvalue weighted by atomic mass is 10.1. The molecule has 38 heavy (non-hydrogen) atoms. The number of hydrogen-bond donors (Lipinski definition) is 2. The third-order valence-corrected chi connectivity index (χ3v) is 8.83. The number of para-hydroxylation sites is 1. The van der Waals surface area contributed by atoms with E-state index in [-0.39, 0.29) is 28.1 Å². The van der Waals surface area contributed by atoms with E-state index in [0.29, 0.717) is 18.7 Å².